The van der Waals surface area contributed by atoms with E-state index in [0.29, 0.717) is 6.07 Å². The van der Waals surface area contributed by atoms with E-state index in [0.717, 1.165) is 18.3 Å². The molecule has 0 unspecified atom stereocenters. The minimum Gasteiger partial charge on any atom is -0.294 e. The van der Waals surface area contributed by atoms with Crippen molar-refractivity contribution in [3.05, 3.63) is 65.0 Å². The topological polar surface area (TPSA) is 47.0 Å². The van der Waals surface area contributed by atoms with Crippen molar-refractivity contribution in [1.82, 2.24) is 4.98 Å². The van der Waals surface area contributed by atoms with Crippen molar-refractivity contribution in [3.8, 4) is 0 Å². The number of allylic oxidation sites excluding steroid dienone is 6. The molecule has 0 bridgehead atoms. The maximum absolute atomic E-state index is 13.1. The van der Waals surface area contributed by atoms with E-state index in [4.69, 9.17) is 0 Å². The normalized spacial score (nSPS) is 15.0. The van der Waals surface area contributed by atoms with Crippen LogP contribution >= 0.6 is 0 Å². The fraction of sp³-hybridized carbons (Fsp3) is 0.278. The third kappa shape index (κ3) is 5.15. The van der Waals surface area contributed by atoms with E-state index >= 15 is 0 Å². The Bertz CT molecular complexity index is 831. The predicted octanol–water partition coefficient (Wildman–Crippen LogP) is 5.01. The number of alkyl halides is 6. The van der Waals surface area contributed by atoms with Crippen LogP contribution in [-0.4, -0.2) is 22.7 Å². The van der Waals surface area contributed by atoms with Crippen LogP contribution in [0.25, 0.3) is 0 Å². The highest BCUT2D eigenvalue weighted by Crippen LogP contribution is 2.34. The lowest BCUT2D eigenvalue weighted by atomic mass is 9.96. The summed E-state index contributed by atoms with van der Waals surface area (Å²) in [5, 5.41) is 0. The Morgan fingerprint density at radius 1 is 0.963 bits per heavy atom. The molecule has 0 fully saturated rings. The third-order valence-corrected chi connectivity index (χ3v) is 3.76. The van der Waals surface area contributed by atoms with E-state index in [2.05, 4.69) is 4.98 Å². The molecule has 144 valence electrons. The minimum absolute atomic E-state index is 0.510. The molecule has 9 heteroatoms. The number of hydrogen-bond donors (Lipinski definition) is 0. The van der Waals surface area contributed by atoms with Crippen LogP contribution in [0.5, 0.6) is 0 Å². The molecule has 2 rings (SSSR count). The van der Waals surface area contributed by atoms with E-state index in [1.807, 2.05) is 0 Å². The van der Waals surface area contributed by atoms with Crippen molar-refractivity contribution in [2.24, 2.45) is 0 Å². The van der Waals surface area contributed by atoms with Gasteiger partial charge in [0.2, 0.25) is 0 Å². The summed E-state index contributed by atoms with van der Waals surface area (Å²) in [5.41, 5.74) is -3.77. The highest BCUT2D eigenvalue weighted by molar-refractivity contribution is 6.03. The fourth-order valence-corrected chi connectivity index (χ4v) is 2.49. The quantitative estimate of drug-likeness (QED) is 0.526. The number of carbonyl (C=O) groups is 2. The first kappa shape index (κ1) is 20.6. The van der Waals surface area contributed by atoms with Crippen LogP contribution in [0.2, 0.25) is 0 Å². The molecule has 1 aromatic heterocycles. The van der Waals surface area contributed by atoms with E-state index in [-0.39, 0.29) is 0 Å². The summed E-state index contributed by atoms with van der Waals surface area (Å²) in [6.45, 7) is 0. The smallest absolute Gasteiger partial charge is 0.294 e. The summed E-state index contributed by atoms with van der Waals surface area (Å²) in [4.78, 5) is 27.7. The summed E-state index contributed by atoms with van der Waals surface area (Å²) in [6.07, 6.45) is -5.59. The summed E-state index contributed by atoms with van der Waals surface area (Å²) in [6, 6.07) is 1.68. The van der Waals surface area contributed by atoms with Gasteiger partial charge in [-0.3, -0.25) is 14.6 Å². The van der Waals surface area contributed by atoms with Crippen LogP contribution in [0.4, 0.5) is 26.3 Å². The fourth-order valence-electron chi connectivity index (χ4n) is 2.49. The van der Waals surface area contributed by atoms with Crippen molar-refractivity contribution >= 4 is 11.6 Å². The molecule has 3 nitrogen and oxygen atoms in total. The molecular weight excluding hydrogens is 376 g/mol. The lowest BCUT2D eigenvalue weighted by molar-refractivity contribution is -0.138. The number of pyridine rings is 1. The Morgan fingerprint density at radius 3 is 2.26 bits per heavy atom. The van der Waals surface area contributed by atoms with Gasteiger partial charge in [0, 0.05) is 30.2 Å². The first-order chi connectivity index (χ1) is 12.5. The second-order valence-electron chi connectivity index (χ2n) is 5.63. The molecule has 0 aromatic carbocycles. The first-order valence-corrected chi connectivity index (χ1v) is 7.74. The highest BCUT2D eigenvalue weighted by atomic mass is 19.4. The van der Waals surface area contributed by atoms with Gasteiger partial charge in [-0.15, -0.1) is 0 Å². The molecular formula is C18H13F6NO2. The Morgan fingerprint density at radius 2 is 1.63 bits per heavy atom. The average molecular weight is 389 g/mol. The minimum atomic E-state index is -4.81. The molecule has 1 aliphatic rings. The van der Waals surface area contributed by atoms with Crippen molar-refractivity contribution in [2.75, 3.05) is 0 Å². The molecule has 1 aliphatic carbocycles. The van der Waals surface area contributed by atoms with Crippen LogP contribution in [-0.2, 0) is 11.0 Å². The second-order valence-corrected chi connectivity index (χ2v) is 5.63. The van der Waals surface area contributed by atoms with Crippen LogP contribution in [0.15, 0.2) is 53.8 Å². The van der Waals surface area contributed by atoms with E-state index < -0.39 is 65.6 Å². The summed E-state index contributed by atoms with van der Waals surface area (Å²) >= 11 is 0. The van der Waals surface area contributed by atoms with Gasteiger partial charge in [0.05, 0.1) is 5.56 Å². The molecule has 0 radical (unpaired) electrons. The molecule has 1 aromatic rings. The zero-order valence-corrected chi connectivity index (χ0v) is 13.7. The molecule has 27 heavy (non-hydrogen) atoms. The molecule has 0 amide bonds. The van der Waals surface area contributed by atoms with E-state index in [1.165, 1.54) is 18.2 Å². The van der Waals surface area contributed by atoms with Crippen molar-refractivity contribution in [2.45, 2.75) is 31.6 Å². The van der Waals surface area contributed by atoms with E-state index in [1.54, 1.807) is 0 Å². The maximum atomic E-state index is 13.1. The van der Waals surface area contributed by atoms with Crippen LogP contribution in [0.1, 0.15) is 35.3 Å². The molecule has 0 N–H and O–H groups in total. The molecule has 1 heterocycles. The lowest BCUT2D eigenvalue weighted by Gasteiger charge is -2.14. The maximum Gasteiger partial charge on any atom is 0.418 e. The number of Topliss-reactive ketones (excluding diaryl/α,β-unsaturated/α-hetero) is 2. The second kappa shape index (κ2) is 7.89. The van der Waals surface area contributed by atoms with Crippen molar-refractivity contribution in [1.29, 1.82) is 0 Å². The largest absolute Gasteiger partial charge is 0.418 e. The average Bonchev–Trinajstić information content (AvgIpc) is 2.84. The number of carbonyl (C=O) groups excluding carboxylic acids is 2. The summed E-state index contributed by atoms with van der Waals surface area (Å²) in [5.74, 6) is -2.04. The Hall–Kier alpha value is -2.71. The van der Waals surface area contributed by atoms with Crippen molar-refractivity contribution < 1.29 is 35.9 Å². The number of nitrogens with zero attached hydrogens (tertiary/aromatic N) is 1. The van der Waals surface area contributed by atoms with Gasteiger partial charge >= 0.3 is 12.4 Å². The van der Waals surface area contributed by atoms with Gasteiger partial charge in [0.25, 0.3) is 0 Å². The third-order valence-electron chi connectivity index (χ3n) is 3.76. The molecule has 0 saturated heterocycles. The van der Waals surface area contributed by atoms with Crippen molar-refractivity contribution in [3.63, 3.8) is 0 Å². The highest BCUT2D eigenvalue weighted by Gasteiger charge is 2.37. The van der Waals surface area contributed by atoms with Gasteiger partial charge in [0.1, 0.15) is 5.69 Å². The number of rotatable bonds is 5. The standard InChI is InChI=1S/C18H13F6NO2/c19-17(20,21)12-6-3-1-2-5-11(12)14(26)8-9-15(27)16-13(18(22,23)24)7-4-10-25-16/h1-5,7,10H,6,8-9H2. The molecule has 0 spiro atoms. The van der Waals surface area contributed by atoms with Crippen LogP contribution in [0.3, 0.4) is 0 Å². The van der Waals surface area contributed by atoms with Crippen LogP contribution < -0.4 is 0 Å². The Labute approximate surface area is 150 Å². The zero-order chi connectivity index (χ0) is 20.2. The SMILES string of the molecule is O=C(CCC(=O)c1ncccc1C(F)(F)F)C1=C(C(F)(F)F)CC=CC=C1. The first-order valence-electron chi connectivity index (χ1n) is 7.74. The lowest BCUT2D eigenvalue weighted by Crippen LogP contribution is -2.18. The predicted molar refractivity (Wildman–Crippen MR) is 83.8 cm³/mol. The number of halogens is 6. The van der Waals surface area contributed by atoms with Gasteiger partial charge in [0.15, 0.2) is 11.6 Å². The molecule has 0 saturated carbocycles. The Balaban J connectivity index is 2.21. The monoisotopic (exact) mass is 389 g/mol. The number of aromatic nitrogens is 1. The van der Waals surface area contributed by atoms with E-state index in [9.17, 15) is 35.9 Å². The van der Waals surface area contributed by atoms with Gasteiger partial charge < -0.3 is 0 Å². The van der Waals surface area contributed by atoms with Gasteiger partial charge in [-0.05, 0) is 18.6 Å². The van der Waals surface area contributed by atoms with Gasteiger partial charge in [-0.2, -0.15) is 26.3 Å². The van der Waals surface area contributed by atoms with Crippen LogP contribution in [0, 0.1) is 0 Å². The summed E-state index contributed by atoms with van der Waals surface area (Å²) in [7, 11) is 0. The molecule has 0 aliphatic heterocycles. The van der Waals surface area contributed by atoms with Gasteiger partial charge in [-0.25, -0.2) is 0 Å². The zero-order valence-electron chi connectivity index (χ0n) is 13.7. The molecule has 0 atom stereocenters. The number of ketones is 2. The summed E-state index contributed by atoms with van der Waals surface area (Å²) < 4.78 is 78.1. The number of hydrogen-bond acceptors (Lipinski definition) is 3. The Kier molecular flexibility index (Phi) is 6.02. The van der Waals surface area contributed by atoms with Gasteiger partial charge in [-0.1, -0.05) is 24.3 Å².